The summed E-state index contributed by atoms with van der Waals surface area (Å²) in [6.07, 6.45) is 3.96. The molecule has 0 aromatic rings. The van der Waals surface area contributed by atoms with Crippen LogP contribution in [0.3, 0.4) is 0 Å². The molecule has 0 spiro atoms. The van der Waals surface area contributed by atoms with Crippen LogP contribution in [0.1, 0.15) is 25.7 Å². The Hall–Kier alpha value is -0.570. The number of nitrogens with two attached hydrogens (primary N) is 1. The predicted octanol–water partition coefficient (Wildman–Crippen LogP) is 0.588. The lowest BCUT2D eigenvalue weighted by Crippen LogP contribution is -2.52. The zero-order chi connectivity index (χ0) is 8.06. The fraction of sp³-hybridized carbons (Fsp3) is 0.875. The highest BCUT2D eigenvalue weighted by Gasteiger charge is 2.53. The average Bonchev–Trinajstić information content (AvgIpc) is 2.45. The molecule has 0 aromatic heterocycles. The number of aliphatic carboxylic acids is 1. The first-order valence-electron chi connectivity index (χ1n) is 4.15. The Bertz CT molecular complexity index is 204. The molecular weight excluding hydrogens is 142 g/mol. The minimum absolute atomic E-state index is 0.255. The summed E-state index contributed by atoms with van der Waals surface area (Å²) < 4.78 is 0. The Labute approximate surface area is 65.6 Å². The van der Waals surface area contributed by atoms with Crippen LogP contribution in [0.25, 0.3) is 0 Å². The van der Waals surface area contributed by atoms with E-state index in [1.54, 1.807) is 0 Å². The Balaban J connectivity index is 2.23. The SMILES string of the molecule is NC1(C(=O)O)C[C@H]2CC[C@@H]1C2. The maximum absolute atomic E-state index is 10.8. The van der Waals surface area contributed by atoms with Gasteiger partial charge in [0.25, 0.3) is 0 Å². The molecule has 2 aliphatic rings. The van der Waals surface area contributed by atoms with Gasteiger partial charge in [-0.1, -0.05) is 6.42 Å². The van der Waals surface area contributed by atoms with E-state index < -0.39 is 11.5 Å². The Morgan fingerprint density at radius 1 is 1.55 bits per heavy atom. The molecule has 3 heteroatoms. The van der Waals surface area contributed by atoms with Gasteiger partial charge < -0.3 is 10.8 Å². The molecule has 3 N–H and O–H groups in total. The molecule has 3 atom stereocenters. The summed E-state index contributed by atoms with van der Waals surface area (Å²) >= 11 is 0. The maximum Gasteiger partial charge on any atom is 0.323 e. The summed E-state index contributed by atoms with van der Waals surface area (Å²) in [5, 5.41) is 8.87. The second kappa shape index (κ2) is 1.97. The molecule has 0 saturated heterocycles. The van der Waals surface area contributed by atoms with Crippen LogP contribution in [0.4, 0.5) is 0 Å². The molecule has 0 radical (unpaired) electrons. The van der Waals surface area contributed by atoms with E-state index in [0.29, 0.717) is 12.3 Å². The molecule has 0 aliphatic heterocycles. The number of hydrogen-bond acceptors (Lipinski definition) is 2. The van der Waals surface area contributed by atoms with Crippen LogP contribution in [-0.4, -0.2) is 16.6 Å². The van der Waals surface area contributed by atoms with Gasteiger partial charge in [0.2, 0.25) is 0 Å². The van der Waals surface area contributed by atoms with Gasteiger partial charge in [-0.3, -0.25) is 4.79 Å². The number of carboxylic acid groups (broad SMARTS) is 1. The lowest BCUT2D eigenvalue weighted by molar-refractivity contribution is -0.145. The fourth-order valence-corrected chi connectivity index (χ4v) is 2.63. The van der Waals surface area contributed by atoms with Gasteiger partial charge in [-0.15, -0.1) is 0 Å². The summed E-state index contributed by atoms with van der Waals surface area (Å²) in [5.74, 6) is 0.0517. The minimum Gasteiger partial charge on any atom is -0.480 e. The van der Waals surface area contributed by atoms with Gasteiger partial charge >= 0.3 is 5.97 Å². The molecule has 3 nitrogen and oxygen atoms in total. The predicted molar refractivity (Wildman–Crippen MR) is 40.0 cm³/mol. The van der Waals surface area contributed by atoms with Crippen molar-refractivity contribution in [3.05, 3.63) is 0 Å². The quantitative estimate of drug-likeness (QED) is 0.582. The molecule has 2 bridgehead atoms. The zero-order valence-electron chi connectivity index (χ0n) is 6.42. The van der Waals surface area contributed by atoms with Crippen LogP contribution in [-0.2, 0) is 4.79 Å². The number of carbonyl (C=O) groups is 1. The van der Waals surface area contributed by atoms with Gasteiger partial charge in [0.15, 0.2) is 0 Å². The summed E-state index contributed by atoms with van der Waals surface area (Å²) in [7, 11) is 0. The molecule has 2 saturated carbocycles. The van der Waals surface area contributed by atoms with E-state index in [-0.39, 0.29) is 5.92 Å². The number of rotatable bonds is 1. The molecule has 62 valence electrons. The van der Waals surface area contributed by atoms with E-state index in [1.807, 2.05) is 0 Å². The van der Waals surface area contributed by atoms with Crippen LogP contribution < -0.4 is 5.73 Å². The highest BCUT2D eigenvalue weighted by molar-refractivity contribution is 5.79. The van der Waals surface area contributed by atoms with E-state index >= 15 is 0 Å². The maximum atomic E-state index is 10.8. The normalized spacial score (nSPS) is 48.1. The van der Waals surface area contributed by atoms with Gasteiger partial charge in [0.05, 0.1) is 0 Å². The van der Waals surface area contributed by atoms with Crippen molar-refractivity contribution in [1.82, 2.24) is 0 Å². The minimum atomic E-state index is -0.872. The van der Waals surface area contributed by atoms with Gasteiger partial charge in [-0.25, -0.2) is 0 Å². The van der Waals surface area contributed by atoms with Gasteiger partial charge in [-0.05, 0) is 31.1 Å². The average molecular weight is 155 g/mol. The van der Waals surface area contributed by atoms with Gasteiger partial charge in [0, 0.05) is 0 Å². The fourth-order valence-electron chi connectivity index (χ4n) is 2.63. The molecule has 0 aromatic carbocycles. The third-order valence-electron chi connectivity index (χ3n) is 3.29. The van der Waals surface area contributed by atoms with Crippen molar-refractivity contribution in [2.45, 2.75) is 31.2 Å². The van der Waals surface area contributed by atoms with Crippen molar-refractivity contribution in [1.29, 1.82) is 0 Å². The van der Waals surface area contributed by atoms with Gasteiger partial charge in [-0.2, -0.15) is 0 Å². The van der Waals surface area contributed by atoms with E-state index in [4.69, 9.17) is 10.8 Å². The molecule has 11 heavy (non-hydrogen) atoms. The Morgan fingerprint density at radius 2 is 2.27 bits per heavy atom. The van der Waals surface area contributed by atoms with E-state index in [0.717, 1.165) is 12.8 Å². The largest absolute Gasteiger partial charge is 0.480 e. The first-order valence-corrected chi connectivity index (χ1v) is 4.15. The summed E-state index contributed by atoms with van der Waals surface area (Å²) in [6, 6.07) is 0. The van der Waals surface area contributed by atoms with E-state index in [9.17, 15) is 4.79 Å². The third-order valence-corrected chi connectivity index (χ3v) is 3.29. The van der Waals surface area contributed by atoms with Crippen molar-refractivity contribution in [3.63, 3.8) is 0 Å². The first kappa shape index (κ1) is 7.10. The molecule has 1 unspecified atom stereocenters. The third kappa shape index (κ3) is 0.805. The van der Waals surface area contributed by atoms with Crippen LogP contribution in [0, 0.1) is 11.8 Å². The molecule has 2 rings (SSSR count). The molecule has 2 fully saturated rings. The second-order valence-electron chi connectivity index (χ2n) is 3.93. The molecule has 0 amide bonds. The van der Waals surface area contributed by atoms with Crippen molar-refractivity contribution in [3.8, 4) is 0 Å². The van der Waals surface area contributed by atoms with Crippen LogP contribution in [0.2, 0.25) is 0 Å². The summed E-state index contributed by atoms with van der Waals surface area (Å²) in [4.78, 5) is 10.8. The molecule has 0 heterocycles. The number of fused-ring (bicyclic) bond motifs is 2. The van der Waals surface area contributed by atoms with E-state index in [2.05, 4.69) is 0 Å². The summed E-state index contributed by atoms with van der Waals surface area (Å²) in [6.45, 7) is 0. The molecule has 2 aliphatic carbocycles. The van der Waals surface area contributed by atoms with Crippen molar-refractivity contribution >= 4 is 5.97 Å². The zero-order valence-corrected chi connectivity index (χ0v) is 6.42. The van der Waals surface area contributed by atoms with Crippen molar-refractivity contribution in [2.75, 3.05) is 0 Å². The first-order chi connectivity index (χ1) is 5.13. The van der Waals surface area contributed by atoms with E-state index in [1.165, 1.54) is 6.42 Å². The lowest BCUT2D eigenvalue weighted by Gasteiger charge is -2.28. The highest BCUT2D eigenvalue weighted by atomic mass is 16.4. The van der Waals surface area contributed by atoms with Gasteiger partial charge in [0.1, 0.15) is 5.54 Å². The Kier molecular flexibility index (Phi) is 1.27. The highest BCUT2D eigenvalue weighted by Crippen LogP contribution is 2.49. The van der Waals surface area contributed by atoms with Crippen molar-refractivity contribution < 1.29 is 9.90 Å². The second-order valence-corrected chi connectivity index (χ2v) is 3.93. The van der Waals surface area contributed by atoms with Crippen LogP contribution in [0.5, 0.6) is 0 Å². The topological polar surface area (TPSA) is 63.3 Å². The number of hydrogen-bond donors (Lipinski definition) is 2. The van der Waals surface area contributed by atoms with Crippen molar-refractivity contribution in [2.24, 2.45) is 17.6 Å². The summed E-state index contributed by atoms with van der Waals surface area (Å²) in [5.41, 5.74) is 4.92. The Morgan fingerprint density at radius 3 is 2.55 bits per heavy atom. The van der Waals surface area contributed by atoms with Crippen LogP contribution in [0.15, 0.2) is 0 Å². The molecular formula is C8H13NO2. The number of carboxylic acids is 1. The standard InChI is InChI=1S/C8H13NO2/c9-8(7(10)11)4-5-1-2-6(8)3-5/h5-6H,1-4,9H2,(H,10,11)/t5-,6+,8?/m0/s1. The van der Waals surface area contributed by atoms with Crippen LogP contribution >= 0.6 is 0 Å². The monoisotopic (exact) mass is 155 g/mol. The lowest BCUT2D eigenvalue weighted by atomic mass is 9.82. The smallest absolute Gasteiger partial charge is 0.323 e.